The lowest BCUT2D eigenvalue weighted by Crippen LogP contribution is -1.95. The molecule has 0 bridgehead atoms. The fourth-order valence-corrected chi connectivity index (χ4v) is 2.85. The molecule has 24 heavy (non-hydrogen) atoms. The van der Waals surface area contributed by atoms with E-state index in [0.29, 0.717) is 0 Å². The van der Waals surface area contributed by atoms with Crippen LogP contribution in [-0.4, -0.2) is 30.2 Å². The summed E-state index contributed by atoms with van der Waals surface area (Å²) in [6, 6.07) is 11.7. The minimum absolute atomic E-state index is 0. The molecule has 1 aromatic carbocycles. The van der Waals surface area contributed by atoms with Crippen molar-refractivity contribution in [2.24, 2.45) is 0 Å². The zero-order valence-electron chi connectivity index (χ0n) is 12.3. The van der Waals surface area contributed by atoms with Gasteiger partial charge < -0.3 is 5.32 Å². The Morgan fingerprint density at radius 2 is 2.08 bits per heavy atom. The number of hydrogen-bond acceptors (Lipinski definition) is 7. The smallest absolute Gasteiger partial charge is 0.187 e. The summed E-state index contributed by atoms with van der Waals surface area (Å²) < 4.78 is 1.62. The monoisotopic (exact) mass is 357 g/mol. The molecular weight excluding hydrogens is 346 g/mol. The van der Waals surface area contributed by atoms with Crippen LogP contribution in [-0.2, 0) is 0 Å². The summed E-state index contributed by atoms with van der Waals surface area (Å²) >= 11 is 1.55. The van der Waals surface area contributed by atoms with Gasteiger partial charge in [0.1, 0.15) is 6.33 Å². The van der Waals surface area contributed by atoms with Crippen molar-refractivity contribution >= 4 is 34.6 Å². The maximum absolute atomic E-state index is 4.62. The summed E-state index contributed by atoms with van der Waals surface area (Å²) in [4.78, 5) is 8.70. The van der Waals surface area contributed by atoms with E-state index in [4.69, 9.17) is 0 Å². The average Bonchev–Trinajstić information content (AvgIpc) is 3.28. The van der Waals surface area contributed by atoms with E-state index in [1.165, 1.54) is 0 Å². The third-order valence-corrected chi connectivity index (χ3v) is 3.93. The van der Waals surface area contributed by atoms with E-state index < -0.39 is 0 Å². The summed E-state index contributed by atoms with van der Waals surface area (Å²) in [5.41, 5.74) is 3.71. The Morgan fingerprint density at radius 3 is 2.88 bits per heavy atom. The van der Waals surface area contributed by atoms with Gasteiger partial charge in [0.2, 0.25) is 0 Å². The number of rotatable bonds is 4. The second-order valence-corrected chi connectivity index (χ2v) is 5.57. The fourth-order valence-electron chi connectivity index (χ4n) is 2.11. The summed E-state index contributed by atoms with van der Waals surface area (Å²) in [7, 11) is 0. The van der Waals surface area contributed by atoms with Crippen LogP contribution in [0, 0.1) is 0 Å². The van der Waals surface area contributed by atoms with Crippen LogP contribution in [0.15, 0.2) is 60.5 Å². The quantitative estimate of drug-likeness (QED) is 0.603. The van der Waals surface area contributed by atoms with Crippen molar-refractivity contribution in [3.8, 4) is 16.9 Å². The van der Waals surface area contributed by atoms with Crippen molar-refractivity contribution in [2.45, 2.75) is 0 Å². The molecule has 0 aliphatic heterocycles. The van der Waals surface area contributed by atoms with Crippen LogP contribution in [0.5, 0.6) is 0 Å². The van der Waals surface area contributed by atoms with Crippen LogP contribution in [0.2, 0.25) is 0 Å². The zero-order chi connectivity index (χ0) is 15.5. The van der Waals surface area contributed by atoms with Crippen molar-refractivity contribution in [1.29, 1.82) is 0 Å². The SMILES string of the molecule is Cl.c1cncc(Nc2nc(-c3cccc(-n4cnnn4)c3)cs2)c1. The molecule has 0 aliphatic rings. The van der Waals surface area contributed by atoms with Crippen LogP contribution in [0.3, 0.4) is 0 Å². The summed E-state index contributed by atoms with van der Waals surface area (Å²) in [5.74, 6) is 0. The van der Waals surface area contributed by atoms with Crippen molar-refractivity contribution in [1.82, 2.24) is 30.2 Å². The lowest BCUT2D eigenvalue weighted by atomic mass is 10.1. The van der Waals surface area contributed by atoms with E-state index in [1.807, 2.05) is 41.8 Å². The van der Waals surface area contributed by atoms with Gasteiger partial charge in [0.15, 0.2) is 5.13 Å². The number of nitrogens with zero attached hydrogens (tertiary/aromatic N) is 6. The van der Waals surface area contributed by atoms with Gasteiger partial charge in [-0.25, -0.2) is 9.67 Å². The third-order valence-electron chi connectivity index (χ3n) is 3.17. The normalized spacial score (nSPS) is 10.2. The van der Waals surface area contributed by atoms with Gasteiger partial charge in [-0.3, -0.25) is 4.98 Å². The predicted octanol–water partition coefficient (Wildman–Crippen LogP) is 3.35. The largest absolute Gasteiger partial charge is 0.330 e. The highest BCUT2D eigenvalue weighted by atomic mass is 35.5. The van der Waals surface area contributed by atoms with Gasteiger partial charge in [-0.15, -0.1) is 28.8 Å². The summed E-state index contributed by atoms with van der Waals surface area (Å²) in [6.45, 7) is 0. The molecule has 0 amide bonds. The first kappa shape index (κ1) is 16.0. The standard InChI is InChI=1S/C15H11N7S.ClH/c1-3-11(7-13(5-1)22-10-17-20-21-22)14-9-23-15(19-14)18-12-4-2-6-16-8-12;/h1-10H,(H,18,19);1H. The molecule has 3 aromatic heterocycles. The molecule has 3 heterocycles. The molecule has 9 heteroatoms. The van der Waals surface area contributed by atoms with Crippen LogP contribution >= 0.6 is 23.7 Å². The van der Waals surface area contributed by atoms with Crippen LogP contribution in [0.25, 0.3) is 16.9 Å². The maximum atomic E-state index is 4.62. The van der Waals surface area contributed by atoms with Gasteiger partial charge in [0.25, 0.3) is 0 Å². The molecule has 0 aliphatic carbocycles. The molecule has 0 saturated heterocycles. The Kier molecular flexibility index (Phi) is 4.78. The zero-order valence-corrected chi connectivity index (χ0v) is 13.9. The van der Waals surface area contributed by atoms with Crippen molar-refractivity contribution in [3.63, 3.8) is 0 Å². The maximum Gasteiger partial charge on any atom is 0.187 e. The van der Waals surface area contributed by atoms with E-state index in [-0.39, 0.29) is 12.4 Å². The molecule has 0 atom stereocenters. The first-order valence-electron chi connectivity index (χ1n) is 6.85. The average molecular weight is 358 g/mol. The van der Waals surface area contributed by atoms with E-state index in [2.05, 4.69) is 30.8 Å². The second kappa shape index (κ2) is 7.16. The minimum Gasteiger partial charge on any atom is -0.330 e. The van der Waals surface area contributed by atoms with Crippen LogP contribution < -0.4 is 5.32 Å². The summed E-state index contributed by atoms with van der Waals surface area (Å²) in [5, 5.41) is 17.3. The topological polar surface area (TPSA) is 81.4 Å². The first-order valence-corrected chi connectivity index (χ1v) is 7.73. The van der Waals surface area contributed by atoms with Gasteiger partial charge >= 0.3 is 0 Å². The number of nitrogens with one attached hydrogen (secondary N) is 1. The van der Waals surface area contributed by atoms with Gasteiger partial charge in [-0.05, 0) is 34.7 Å². The van der Waals surface area contributed by atoms with Gasteiger partial charge in [0.05, 0.1) is 23.3 Å². The number of halogens is 1. The van der Waals surface area contributed by atoms with Crippen molar-refractivity contribution in [3.05, 3.63) is 60.5 Å². The molecule has 0 spiro atoms. The first-order chi connectivity index (χ1) is 11.4. The predicted molar refractivity (Wildman–Crippen MR) is 95.0 cm³/mol. The van der Waals surface area contributed by atoms with E-state index in [9.17, 15) is 0 Å². The highest BCUT2D eigenvalue weighted by Gasteiger charge is 2.07. The number of benzene rings is 1. The summed E-state index contributed by atoms with van der Waals surface area (Å²) in [6.07, 6.45) is 5.07. The lowest BCUT2D eigenvalue weighted by Gasteiger charge is -2.02. The number of pyridine rings is 1. The molecule has 0 radical (unpaired) electrons. The Bertz CT molecular complexity index is 908. The number of aromatic nitrogens is 6. The fraction of sp³-hybridized carbons (Fsp3) is 0. The molecular formula is C15H12ClN7S. The molecule has 120 valence electrons. The number of anilines is 2. The highest BCUT2D eigenvalue weighted by molar-refractivity contribution is 7.14. The van der Waals surface area contributed by atoms with Gasteiger partial charge in [-0.1, -0.05) is 12.1 Å². The minimum atomic E-state index is 0. The highest BCUT2D eigenvalue weighted by Crippen LogP contribution is 2.27. The Morgan fingerprint density at radius 1 is 1.12 bits per heavy atom. The third kappa shape index (κ3) is 3.39. The van der Waals surface area contributed by atoms with Gasteiger partial charge in [0, 0.05) is 17.1 Å². The van der Waals surface area contributed by atoms with Gasteiger partial charge in [-0.2, -0.15) is 0 Å². The number of thiazole rings is 1. The molecule has 0 unspecified atom stereocenters. The van der Waals surface area contributed by atoms with Crippen molar-refractivity contribution < 1.29 is 0 Å². The second-order valence-electron chi connectivity index (χ2n) is 4.71. The van der Waals surface area contributed by atoms with E-state index in [0.717, 1.165) is 27.8 Å². The van der Waals surface area contributed by atoms with E-state index in [1.54, 1.807) is 34.7 Å². The Hall–Kier alpha value is -2.84. The number of tetrazole rings is 1. The molecule has 1 N–H and O–H groups in total. The molecule has 4 rings (SSSR count). The molecule has 0 saturated carbocycles. The van der Waals surface area contributed by atoms with E-state index >= 15 is 0 Å². The Balaban J connectivity index is 0.00000169. The molecule has 4 aromatic rings. The molecule has 7 nitrogen and oxygen atoms in total. The van der Waals surface area contributed by atoms with Crippen LogP contribution in [0.1, 0.15) is 0 Å². The number of hydrogen-bond donors (Lipinski definition) is 1. The molecule has 0 fully saturated rings. The van der Waals surface area contributed by atoms with Crippen LogP contribution in [0.4, 0.5) is 10.8 Å². The Labute approximate surface area is 147 Å². The lowest BCUT2D eigenvalue weighted by molar-refractivity contribution is 0.789. The van der Waals surface area contributed by atoms with Crippen molar-refractivity contribution in [2.75, 3.05) is 5.32 Å².